The van der Waals surface area contributed by atoms with Gasteiger partial charge >= 0.3 is 6.03 Å². The van der Waals surface area contributed by atoms with Crippen LogP contribution in [0.4, 0.5) is 16.3 Å². The largest absolute Gasteiger partial charge is 0.369 e. The van der Waals surface area contributed by atoms with Gasteiger partial charge in [-0.05, 0) is 61.6 Å². The number of para-hydroxylation sites is 1. The van der Waals surface area contributed by atoms with Crippen LogP contribution in [0.2, 0.25) is 0 Å². The Morgan fingerprint density at radius 2 is 1.93 bits per heavy atom. The predicted octanol–water partition coefficient (Wildman–Crippen LogP) is 4.91. The molecule has 2 amide bonds. The Labute approximate surface area is 177 Å². The fourth-order valence-electron chi connectivity index (χ4n) is 3.46. The molecule has 0 aliphatic heterocycles. The second-order valence-corrected chi connectivity index (χ2v) is 7.32. The van der Waals surface area contributed by atoms with Crippen molar-refractivity contribution >= 4 is 28.4 Å². The van der Waals surface area contributed by atoms with Gasteiger partial charge in [0.25, 0.3) is 0 Å². The Balaban J connectivity index is 1.53. The van der Waals surface area contributed by atoms with Gasteiger partial charge in [0.2, 0.25) is 0 Å². The summed E-state index contributed by atoms with van der Waals surface area (Å²) < 4.78 is 0. The van der Waals surface area contributed by atoms with Gasteiger partial charge in [-0.15, -0.1) is 0 Å². The zero-order chi connectivity index (χ0) is 21.5. The number of rotatable bonds is 7. The number of urea groups is 1. The minimum absolute atomic E-state index is 0.219. The highest BCUT2D eigenvalue weighted by Crippen LogP contribution is 2.24. The Morgan fingerprint density at radius 3 is 2.70 bits per heavy atom. The van der Waals surface area contributed by atoms with Crippen molar-refractivity contribution < 1.29 is 4.79 Å². The number of hydrogen-bond donors (Lipinski definition) is 3. The summed E-state index contributed by atoms with van der Waals surface area (Å²) in [5, 5.41) is 19.5. The molecule has 30 heavy (non-hydrogen) atoms. The van der Waals surface area contributed by atoms with Crippen molar-refractivity contribution in [3.63, 3.8) is 0 Å². The number of nitrogens with zero attached hydrogens (tertiary/aromatic N) is 2. The van der Waals surface area contributed by atoms with Crippen molar-refractivity contribution in [3.05, 3.63) is 64.7 Å². The molecule has 3 rings (SSSR count). The number of fused-ring (bicyclic) bond motifs is 1. The number of benzene rings is 2. The summed E-state index contributed by atoms with van der Waals surface area (Å²) in [6, 6.07) is 15.8. The van der Waals surface area contributed by atoms with E-state index in [1.54, 1.807) is 0 Å². The molecule has 1 heterocycles. The second kappa shape index (κ2) is 9.75. The van der Waals surface area contributed by atoms with E-state index < -0.39 is 0 Å². The van der Waals surface area contributed by atoms with Crippen molar-refractivity contribution in [2.75, 3.05) is 23.7 Å². The molecular weight excluding hydrogens is 374 g/mol. The molecule has 0 aliphatic carbocycles. The Bertz CT molecular complexity index is 1100. The summed E-state index contributed by atoms with van der Waals surface area (Å²) >= 11 is 0. The molecule has 154 valence electrons. The zero-order valence-electron chi connectivity index (χ0n) is 17.7. The lowest BCUT2D eigenvalue weighted by Gasteiger charge is -2.12. The van der Waals surface area contributed by atoms with E-state index in [-0.39, 0.29) is 6.03 Å². The molecule has 2 aromatic carbocycles. The summed E-state index contributed by atoms with van der Waals surface area (Å²) in [6.45, 7) is 7.24. The van der Waals surface area contributed by atoms with E-state index in [9.17, 15) is 10.1 Å². The highest BCUT2D eigenvalue weighted by Gasteiger charge is 2.09. The molecule has 0 spiro atoms. The van der Waals surface area contributed by atoms with Crippen LogP contribution in [-0.2, 0) is 6.42 Å². The van der Waals surface area contributed by atoms with E-state index >= 15 is 0 Å². The summed E-state index contributed by atoms with van der Waals surface area (Å²) in [5.41, 5.74) is 5.59. The molecule has 3 N–H and O–H groups in total. The van der Waals surface area contributed by atoms with E-state index in [2.05, 4.69) is 40.0 Å². The van der Waals surface area contributed by atoms with Gasteiger partial charge < -0.3 is 16.0 Å². The minimum atomic E-state index is -0.219. The van der Waals surface area contributed by atoms with E-state index in [1.165, 1.54) is 0 Å². The van der Waals surface area contributed by atoms with Crippen molar-refractivity contribution in [2.24, 2.45) is 0 Å². The molecule has 0 unspecified atom stereocenters. The number of pyridine rings is 1. The molecular formula is C24H27N5O. The highest BCUT2D eigenvalue weighted by molar-refractivity contribution is 5.90. The van der Waals surface area contributed by atoms with E-state index in [4.69, 9.17) is 0 Å². The van der Waals surface area contributed by atoms with Crippen molar-refractivity contribution in [3.8, 4) is 6.07 Å². The molecule has 0 atom stereocenters. The normalized spacial score (nSPS) is 10.5. The number of aromatic nitrogens is 1. The van der Waals surface area contributed by atoms with Crippen LogP contribution < -0.4 is 16.0 Å². The first-order valence-corrected chi connectivity index (χ1v) is 10.2. The number of carbonyl (C=O) groups is 1. The maximum Gasteiger partial charge on any atom is 0.319 e. The first-order valence-electron chi connectivity index (χ1n) is 10.2. The van der Waals surface area contributed by atoms with Crippen LogP contribution in [0.1, 0.15) is 35.6 Å². The number of nitriles is 1. The number of nitrogens with one attached hydrogen (secondary N) is 3. The SMILES string of the molecule is CCc1ccccc1NC(=O)NCCCNc1nc2cc(C)cc(C)c2cc1C#N. The molecule has 6 heteroatoms. The number of amides is 2. The maximum absolute atomic E-state index is 12.1. The summed E-state index contributed by atoms with van der Waals surface area (Å²) in [6.07, 6.45) is 1.57. The molecule has 0 bridgehead atoms. The average molecular weight is 402 g/mol. The summed E-state index contributed by atoms with van der Waals surface area (Å²) in [7, 11) is 0. The van der Waals surface area contributed by atoms with Gasteiger partial charge in [0, 0.05) is 24.2 Å². The molecule has 6 nitrogen and oxygen atoms in total. The summed E-state index contributed by atoms with van der Waals surface area (Å²) in [5.74, 6) is 0.580. The Kier molecular flexibility index (Phi) is 6.87. The van der Waals surface area contributed by atoms with Crippen molar-refractivity contribution in [1.29, 1.82) is 5.26 Å². The Morgan fingerprint density at radius 1 is 1.13 bits per heavy atom. The lowest BCUT2D eigenvalue weighted by molar-refractivity contribution is 0.252. The number of hydrogen-bond acceptors (Lipinski definition) is 4. The maximum atomic E-state index is 12.1. The van der Waals surface area contributed by atoms with Crippen LogP contribution in [0, 0.1) is 25.2 Å². The third-order valence-corrected chi connectivity index (χ3v) is 4.98. The third-order valence-electron chi connectivity index (χ3n) is 4.98. The van der Waals surface area contributed by atoms with Gasteiger partial charge in [-0.3, -0.25) is 0 Å². The summed E-state index contributed by atoms with van der Waals surface area (Å²) in [4.78, 5) is 16.8. The number of carbonyl (C=O) groups excluding carboxylic acids is 1. The standard InChI is InChI=1S/C24H27N5O/c1-4-18-8-5-6-9-21(18)29-24(30)27-11-7-10-26-23-19(15-25)14-20-17(3)12-16(2)13-22(20)28-23/h5-6,8-9,12-14H,4,7,10-11H2,1-3H3,(H,26,28)(H2,27,29,30). The first-order chi connectivity index (χ1) is 14.5. The lowest BCUT2D eigenvalue weighted by atomic mass is 10.0. The van der Waals surface area contributed by atoms with Gasteiger partial charge in [0.05, 0.1) is 11.1 Å². The zero-order valence-corrected chi connectivity index (χ0v) is 17.7. The highest BCUT2D eigenvalue weighted by atomic mass is 16.2. The van der Waals surface area contributed by atoms with Gasteiger partial charge in [0.15, 0.2) is 0 Å². The van der Waals surface area contributed by atoms with Crippen molar-refractivity contribution in [2.45, 2.75) is 33.6 Å². The number of anilines is 2. The van der Waals surface area contributed by atoms with Crippen LogP contribution >= 0.6 is 0 Å². The smallest absolute Gasteiger partial charge is 0.319 e. The minimum Gasteiger partial charge on any atom is -0.369 e. The van der Waals surface area contributed by atoms with Crippen LogP contribution in [0.25, 0.3) is 10.9 Å². The molecule has 0 radical (unpaired) electrons. The van der Waals surface area contributed by atoms with Crippen LogP contribution in [0.5, 0.6) is 0 Å². The Hall–Kier alpha value is -3.59. The monoisotopic (exact) mass is 401 g/mol. The van der Waals surface area contributed by atoms with Crippen molar-refractivity contribution in [1.82, 2.24) is 10.3 Å². The fourth-order valence-corrected chi connectivity index (χ4v) is 3.46. The van der Waals surface area contributed by atoms with Crippen LogP contribution in [-0.4, -0.2) is 24.1 Å². The van der Waals surface area contributed by atoms with E-state index in [0.29, 0.717) is 30.9 Å². The molecule has 0 fully saturated rings. The van der Waals surface area contributed by atoms with Crippen LogP contribution in [0.3, 0.4) is 0 Å². The van der Waals surface area contributed by atoms with E-state index in [1.807, 2.05) is 50.2 Å². The quantitative estimate of drug-likeness (QED) is 0.491. The third kappa shape index (κ3) is 5.06. The van der Waals surface area contributed by atoms with Gasteiger partial charge in [-0.2, -0.15) is 5.26 Å². The first kappa shape index (κ1) is 21.1. The van der Waals surface area contributed by atoms with Gasteiger partial charge in [0.1, 0.15) is 11.9 Å². The molecule has 3 aromatic rings. The topological polar surface area (TPSA) is 89.8 Å². The molecule has 0 saturated heterocycles. The fraction of sp³-hybridized carbons (Fsp3) is 0.292. The number of aryl methyl sites for hydroxylation is 3. The molecule has 0 saturated carbocycles. The van der Waals surface area contributed by atoms with E-state index in [0.717, 1.165) is 39.7 Å². The van der Waals surface area contributed by atoms with Crippen LogP contribution in [0.15, 0.2) is 42.5 Å². The van der Waals surface area contributed by atoms with Gasteiger partial charge in [-0.1, -0.05) is 31.2 Å². The molecule has 0 aliphatic rings. The lowest BCUT2D eigenvalue weighted by Crippen LogP contribution is -2.30. The predicted molar refractivity (Wildman–Crippen MR) is 122 cm³/mol. The average Bonchev–Trinajstić information content (AvgIpc) is 2.73. The van der Waals surface area contributed by atoms with Gasteiger partial charge in [-0.25, -0.2) is 9.78 Å². The molecule has 1 aromatic heterocycles. The second-order valence-electron chi connectivity index (χ2n) is 7.32.